The average Bonchev–Trinajstić information content (AvgIpc) is 2.93. The highest BCUT2D eigenvalue weighted by Crippen LogP contribution is 2.36. The van der Waals surface area contributed by atoms with E-state index in [4.69, 9.17) is 4.74 Å². The summed E-state index contributed by atoms with van der Waals surface area (Å²) in [5.74, 6) is -0.888. The first-order valence-electron chi connectivity index (χ1n) is 8.70. The number of ether oxygens (including phenoxy) is 1. The number of phenolic OH excluding ortho intramolecular Hbond substituents is 1. The van der Waals surface area contributed by atoms with Crippen molar-refractivity contribution in [2.75, 3.05) is 12.0 Å². The number of amides is 1. The zero-order chi connectivity index (χ0) is 19.6. The summed E-state index contributed by atoms with van der Waals surface area (Å²) in [6.45, 7) is 3.77. The molecule has 3 rings (SSSR count). The van der Waals surface area contributed by atoms with Crippen molar-refractivity contribution in [3.63, 3.8) is 0 Å². The molecule has 138 valence electrons. The molecule has 2 aromatic rings. The fraction of sp³-hybridized carbons (Fsp3) is 0.182. The predicted molar refractivity (Wildman–Crippen MR) is 104 cm³/mol. The lowest BCUT2D eigenvalue weighted by molar-refractivity contribution is -0.136. The molecule has 0 fully saturated rings. The van der Waals surface area contributed by atoms with Crippen LogP contribution < -0.4 is 4.90 Å². The Hall–Kier alpha value is -3.34. The largest absolute Gasteiger partial charge is 0.507 e. The number of carbonyl (C=O) groups is 2. The Bertz CT molecular complexity index is 955. The highest BCUT2D eigenvalue weighted by atomic mass is 16.5. The van der Waals surface area contributed by atoms with Crippen molar-refractivity contribution in [1.29, 1.82) is 0 Å². The maximum atomic E-state index is 13.1. The van der Waals surface area contributed by atoms with Gasteiger partial charge in [-0.1, -0.05) is 37.3 Å². The van der Waals surface area contributed by atoms with E-state index in [0.29, 0.717) is 16.9 Å². The number of hydrogen-bond acceptors (Lipinski definition) is 4. The van der Waals surface area contributed by atoms with Gasteiger partial charge >= 0.3 is 5.97 Å². The zero-order valence-electron chi connectivity index (χ0n) is 15.5. The Morgan fingerprint density at radius 1 is 1.15 bits per heavy atom. The van der Waals surface area contributed by atoms with Crippen LogP contribution in [0.2, 0.25) is 0 Å². The smallest absolute Gasteiger partial charge is 0.340 e. The lowest BCUT2D eigenvalue weighted by Crippen LogP contribution is -2.24. The molecule has 1 aliphatic rings. The monoisotopic (exact) mass is 363 g/mol. The van der Waals surface area contributed by atoms with E-state index >= 15 is 0 Å². The molecule has 0 unspecified atom stereocenters. The van der Waals surface area contributed by atoms with Crippen LogP contribution >= 0.6 is 0 Å². The number of rotatable bonds is 4. The van der Waals surface area contributed by atoms with Gasteiger partial charge in [-0.05, 0) is 43.2 Å². The van der Waals surface area contributed by atoms with Crippen molar-refractivity contribution >= 4 is 23.6 Å². The number of methoxy groups -OCH3 is 1. The first-order valence-corrected chi connectivity index (χ1v) is 8.70. The van der Waals surface area contributed by atoms with E-state index in [9.17, 15) is 14.7 Å². The standard InChI is InChI=1S/C22H21NO4/c1-4-15-9-11-17(12-10-15)23-14(2)20(22(26)27-3)18(21(23)25)13-16-7-5-6-8-19(16)24/h5-13,24H,4H2,1-3H3/b18-13-. The van der Waals surface area contributed by atoms with Crippen molar-refractivity contribution in [2.24, 2.45) is 0 Å². The van der Waals surface area contributed by atoms with Crippen LogP contribution in [0.25, 0.3) is 6.08 Å². The number of hydrogen-bond donors (Lipinski definition) is 1. The fourth-order valence-electron chi connectivity index (χ4n) is 3.14. The van der Waals surface area contributed by atoms with Crippen LogP contribution in [-0.2, 0) is 20.7 Å². The Balaban J connectivity index is 2.13. The van der Waals surface area contributed by atoms with Gasteiger partial charge in [0.05, 0.1) is 18.3 Å². The molecule has 5 heteroatoms. The maximum Gasteiger partial charge on any atom is 0.340 e. The molecule has 27 heavy (non-hydrogen) atoms. The number of esters is 1. The van der Waals surface area contributed by atoms with Gasteiger partial charge in [0.15, 0.2) is 0 Å². The number of anilines is 1. The highest BCUT2D eigenvalue weighted by molar-refractivity contribution is 6.23. The average molecular weight is 363 g/mol. The Kier molecular flexibility index (Phi) is 5.12. The van der Waals surface area contributed by atoms with Gasteiger partial charge in [-0.15, -0.1) is 0 Å². The van der Waals surface area contributed by atoms with Gasteiger partial charge in [-0.25, -0.2) is 4.79 Å². The topological polar surface area (TPSA) is 66.8 Å². The number of benzene rings is 2. The summed E-state index contributed by atoms with van der Waals surface area (Å²) in [6.07, 6.45) is 2.42. The number of carbonyl (C=O) groups excluding carboxylic acids is 2. The molecule has 0 bridgehead atoms. The van der Waals surface area contributed by atoms with E-state index in [0.717, 1.165) is 12.0 Å². The third kappa shape index (κ3) is 3.36. The van der Waals surface area contributed by atoms with Gasteiger partial charge in [0, 0.05) is 16.9 Å². The van der Waals surface area contributed by atoms with Crippen LogP contribution in [0.15, 0.2) is 65.4 Å². The number of phenols is 1. The van der Waals surface area contributed by atoms with E-state index in [1.165, 1.54) is 24.2 Å². The van der Waals surface area contributed by atoms with Crippen LogP contribution in [0.5, 0.6) is 5.75 Å². The lowest BCUT2D eigenvalue weighted by atomic mass is 10.0. The molecule has 1 heterocycles. The second kappa shape index (κ2) is 7.50. The van der Waals surface area contributed by atoms with Crippen LogP contribution in [0.1, 0.15) is 25.0 Å². The summed E-state index contributed by atoms with van der Waals surface area (Å²) in [5.41, 5.74) is 3.18. The molecule has 1 N–H and O–H groups in total. The van der Waals surface area contributed by atoms with E-state index in [1.54, 1.807) is 25.1 Å². The summed E-state index contributed by atoms with van der Waals surface area (Å²) in [7, 11) is 1.28. The number of allylic oxidation sites excluding steroid dienone is 1. The molecule has 0 radical (unpaired) electrons. The number of para-hydroxylation sites is 1. The molecule has 0 spiro atoms. The molecule has 1 aliphatic heterocycles. The lowest BCUT2D eigenvalue weighted by Gasteiger charge is -2.18. The molecule has 0 aliphatic carbocycles. The third-order valence-electron chi connectivity index (χ3n) is 4.63. The molecular formula is C22H21NO4. The number of aromatic hydroxyl groups is 1. The van der Waals surface area contributed by atoms with Gasteiger partial charge in [0.1, 0.15) is 5.75 Å². The minimum Gasteiger partial charge on any atom is -0.507 e. The second-order valence-electron chi connectivity index (χ2n) is 6.23. The van der Waals surface area contributed by atoms with Gasteiger partial charge in [-0.3, -0.25) is 9.69 Å². The van der Waals surface area contributed by atoms with E-state index in [-0.39, 0.29) is 22.8 Å². The summed E-state index contributed by atoms with van der Waals surface area (Å²) < 4.78 is 4.89. The van der Waals surface area contributed by atoms with Crippen LogP contribution in [-0.4, -0.2) is 24.1 Å². The van der Waals surface area contributed by atoms with Crippen molar-refractivity contribution in [1.82, 2.24) is 0 Å². The molecule has 2 aromatic carbocycles. The second-order valence-corrected chi connectivity index (χ2v) is 6.23. The Labute approximate surface area is 158 Å². The normalized spacial score (nSPS) is 15.6. The fourth-order valence-corrected chi connectivity index (χ4v) is 3.14. The van der Waals surface area contributed by atoms with Gasteiger partial charge < -0.3 is 9.84 Å². The summed E-state index contributed by atoms with van der Waals surface area (Å²) >= 11 is 0. The summed E-state index contributed by atoms with van der Waals surface area (Å²) in [6, 6.07) is 14.3. The Morgan fingerprint density at radius 2 is 1.81 bits per heavy atom. The number of nitrogens with zero attached hydrogens (tertiary/aromatic N) is 1. The van der Waals surface area contributed by atoms with E-state index < -0.39 is 5.97 Å². The number of aryl methyl sites for hydroxylation is 1. The molecule has 1 amide bonds. The molecule has 0 aromatic heterocycles. The predicted octanol–water partition coefficient (Wildman–Crippen LogP) is 3.83. The Morgan fingerprint density at radius 3 is 2.41 bits per heavy atom. The van der Waals surface area contributed by atoms with E-state index in [2.05, 4.69) is 6.92 Å². The van der Waals surface area contributed by atoms with Crippen molar-refractivity contribution < 1.29 is 19.4 Å². The SMILES string of the molecule is CCc1ccc(N2C(=O)/C(=C\c3ccccc3O)C(C(=O)OC)=C2C)cc1. The summed E-state index contributed by atoms with van der Waals surface area (Å²) in [5, 5.41) is 10.0. The molecule has 0 saturated carbocycles. The minimum absolute atomic E-state index is 0.0328. The third-order valence-corrected chi connectivity index (χ3v) is 4.63. The van der Waals surface area contributed by atoms with Gasteiger partial charge in [0.2, 0.25) is 0 Å². The van der Waals surface area contributed by atoms with Gasteiger partial charge in [-0.2, -0.15) is 0 Å². The molecule has 0 saturated heterocycles. The quantitative estimate of drug-likeness (QED) is 0.662. The highest BCUT2D eigenvalue weighted by Gasteiger charge is 2.38. The maximum absolute atomic E-state index is 13.1. The van der Waals surface area contributed by atoms with Gasteiger partial charge in [0.25, 0.3) is 5.91 Å². The summed E-state index contributed by atoms with van der Waals surface area (Å²) in [4.78, 5) is 27.0. The van der Waals surface area contributed by atoms with Crippen molar-refractivity contribution in [3.05, 3.63) is 76.5 Å². The zero-order valence-corrected chi connectivity index (χ0v) is 15.5. The molecular weight excluding hydrogens is 342 g/mol. The van der Waals surface area contributed by atoms with Crippen LogP contribution in [0, 0.1) is 0 Å². The van der Waals surface area contributed by atoms with Crippen LogP contribution in [0.3, 0.4) is 0 Å². The van der Waals surface area contributed by atoms with Crippen LogP contribution in [0.4, 0.5) is 5.69 Å². The van der Waals surface area contributed by atoms with Crippen molar-refractivity contribution in [2.45, 2.75) is 20.3 Å². The molecule has 5 nitrogen and oxygen atoms in total. The molecule has 0 atom stereocenters. The first-order chi connectivity index (χ1) is 13.0. The van der Waals surface area contributed by atoms with E-state index in [1.807, 2.05) is 24.3 Å². The first kappa shape index (κ1) is 18.5. The van der Waals surface area contributed by atoms with Crippen molar-refractivity contribution in [3.8, 4) is 5.75 Å². The minimum atomic E-state index is -0.588.